The van der Waals surface area contributed by atoms with Crippen molar-refractivity contribution in [3.05, 3.63) is 34.9 Å². The Morgan fingerprint density at radius 1 is 1.06 bits per heavy atom. The standard InChI is InChI=1S/C16H25N/c1-11-7-12(2)10-16(17,9-11)15-6-5-13(3)14(4)8-15/h5-6,8,11-12H,7,9-10,17H2,1-4H3. The molecule has 0 aromatic heterocycles. The van der Waals surface area contributed by atoms with Gasteiger partial charge in [0.1, 0.15) is 0 Å². The average molecular weight is 231 g/mol. The van der Waals surface area contributed by atoms with E-state index in [2.05, 4.69) is 45.9 Å². The van der Waals surface area contributed by atoms with Crippen LogP contribution in [-0.4, -0.2) is 0 Å². The summed E-state index contributed by atoms with van der Waals surface area (Å²) in [5.74, 6) is 1.48. The highest BCUT2D eigenvalue weighted by Crippen LogP contribution is 2.40. The van der Waals surface area contributed by atoms with Crippen molar-refractivity contribution in [1.82, 2.24) is 0 Å². The minimum Gasteiger partial charge on any atom is -0.321 e. The Balaban J connectivity index is 2.33. The van der Waals surface area contributed by atoms with E-state index >= 15 is 0 Å². The lowest BCUT2D eigenvalue weighted by Crippen LogP contribution is -2.43. The van der Waals surface area contributed by atoms with Crippen LogP contribution in [0, 0.1) is 25.7 Å². The third-order valence-electron chi connectivity index (χ3n) is 4.31. The predicted octanol–water partition coefficient (Wildman–Crippen LogP) is 3.91. The Morgan fingerprint density at radius 2 is 1.65 bits per heavy atom. The van der Waals surface area contributed by atoms with Crippen molar-refractivity contribution >= 4 is 0 Å². The van der Waals surface area contributed by atoms with Crippen molar-refractivity contribution in [3.8, 4) is 0 Å². The molecule has 17 heavy (non-hydrogen) atoms. The molecule has 1 aromatic rings. The van der Waals surface area contributed by atoms with Gasteiger partial charge in [0, 0.05) is 5.54 Å². The van der Waals surface area contributed by atoms with Gasteiger partial charge in [0.2, 0.25) is 0 Å². The molecule has 1 fully saturated rings. The third-order valence-corrected chi connectivity index (χ3v) is 4.31. The summed E-state index contributed by atoms with van der Waals surface area (Å²) in [6, 6.07) is 6.73. The zero-order chi connectivity index (χ0) is 12.6. The molecular weight excluding hydrogens is 206 g/mol. The molecule has 2 rings (SSSR count). The van der Waals surface area contributed by atoms with Gasteiger partial charge in [0.25, 0.3) is 0 Å². The molecule has 1 aliphatic rings. The molecule has 94 valence electrons. The lowest BCUT2D eigenvalue weighted by molar-refractivity contribution is 0.183. The smallest absolute Gasteiger partial charge is 0.0414 e. The molecule has 0 spiro atoms. The topological polar surface area (TPSA) is 26.0 Å². The van der Waals surface area contributed by atoms with Crippen LogP contribution in [0.15, 0.2) is 18.2 Å². The molecule has 0 bridgehead atoms. The third kappa shape index (κ3) is 2.55. The second kappa shape index (κ2) is 4.45. The van der Waals surface area contributed by atoms with E-state index in [-0.39, 0.29) is 5.54 Å². The molecule has 2 atom stereocenters. The van der Waals surface area contributed by atoms with Crippen LogP contribution in [0.3, 0.4) is 0 Å². The Hall–Kier alpha value is -0.820. The van der Waals surface area contributed by atoms with E-state index in [1.165, 1.54) is 23.1 Å². The number of rotatable bonds is 1. The van der Waals surface area contributed by atoms with Gasteiger partial charge in [-0.25, -0.2) is 0 Å². The summed E-state index contributed by atoms with van der Waals surface area (Å²) in [7, 11) is 0. The summed E-state index contributed by atoms with van der Waals surface area (Å²) < 4.78 is 0. The molecule has 1 nitrogen and oxygen atoms in total. The lowest BCUT2D eigenvalue weighted by Gasteiger charge is -2.40. The van der Waals surface area contributed by atoms with Gasteiger partial charge in [-0.05, 0) is 61.6 Å². The van der Waals surface area contributed by atoms with Gasteiger partial charge in [-0.3, -0.25) is 0 Å². The molecule has 0 amide bonds. The molecule has 0 radical (unpaired) electrons. The van der Waals surface area contributed by atoms with Crippen molar-refractivity contribution in [2.75, 3.05) is 0 Å². The molecule has 1 heteroatoms. The van der Waals surface area contributed by atoms with Crippen LogP contribution in [0.25, 0.3) is 0 Å². The van der Waals surface area contributed by atoms with E-state index in [0.29, 0.717) is 0 Å². The van der Waals surface area contributed by atoms with E-state index in [9.17, 15) is 0 Å². The van der Waals surface area contributed by atoms with Crippen molar-refractivity contribution in [3.63, 3.8) is 0 Å². The van der Waals surface area contributed by atoms with Crippen molar-refractivity contribution < 1.29 is 0 Å². The quantitative estimate of drug-likeness (QED) is 0.779. The van der Waals surface area contributed by atoms with E-state index < -0.39 is 0 Å². The first kappa shape index (κ1) is 12.6. The Kier molecular flexibility index (Phi) is 3.31. The van der Waals surface area contributed by atoms with E-state index in [1.54, 1.807) is 0 Å². The minimum absolute atomic E-state index is 0.102. The Morgan fingerprint density at radius 3 is 2.18 bits per heavy atom. The maximum atomic E-state index is 6.68. The fourth-order valence-corrected chi connectivity index (χ4v) is 3.47. The Bertz CT molecular complexity index is 398. The fraction of sp³-hybridized carbons (Fsp3) is 0.625. The van der Waals surface area contributed by atoms with Gasteiger partial charge >= 0.3 is 0 Å². The second-order valence-electron chi connectivity index (χ2n) is 6.31. The van der Waals surface area contributed by atoms with Gasteiger partial charge in [0.15, 0.2) is 0 Å². The van der Waals surface area contributed by atoms with Crippen LogP contribution in [-0.2, 0) is 5.54 Å². The SMILES string of the molecule is Cc1ccc(C2(N)CC(C)CC(C)C2)cc1C. The van der Waals surface area contributed by atoms with Gasteiger partial charge in [-0.15, -0.1) is 0 Å². The zero-order valence-corrected chi connectivity index (χ0v) is 11.6. The molecule has 1 saturated carbocycles. The van der Waals surface area contributed by atoms with Gasteiger partial charge in [-0.2, -0.15) is 0 Å². The van der Waals surface area contributed by atoms with Crippen LogP contribution in [0.2, 0.25) is 0 Å². The van der Waals surface area contributed by atoms with Crippen LogP contribution in [0.4, 0.5) is 0 Å². The summed E-state index contributed by atoms with van der Waals surface area (Å²) in [6.45, 7) is 9.00. The number of benzene rings is 1. The zero-order valence-electron chi connectivity index (χ0n) is 11.6. The summed E-state index contributed by atoms with van der Waals surface area (Å²) in [5.41, 5.74) is 10.6. The monoisotopic (exact) mass is 231 g/mol. The van der Waals surface area contributed by atoms with Crippen molar-refractivity contribution in [1.29, 1.82) is 0 Å². The van der Waals surface area contributed by atoms with Crippen LogP contribution < -0.4 is 5.73 Å². The normalized spacial score (nSPS) is 33.7. The highest BCUT2D eigenvalue weighted by molar-refractivity contribution is 5.34. The van der Waals surface area contributed by atoms with Crippen molar-refractivity contribution in [2.45, 2.75) is 52.5 Å². The summed E-state index contributed by atoms with van der Waals surface area (Å²) in [5, 5.41) is 0. The average Bonchev–Trinajstić information content (AvgIpc) is 2.19. The number of aryl methyl sites for hydroxylation is 2. The molecule has 1 aliphatic carbocycles. The number of hydrogen-bond acceptors (Lipinski definition) is 1. The van der Waals surface area contributed by atoms with Crippen LogP contribution in [0.5, 0.6) is 0 Å². The first-order chi connectivity index (χ1) is 7.90. The van der Waals surface area contributed by atoms with Gasteiger partial charge in [0.05, 0.1) is 0 Å². The number of nitrogens with two attached hydrogens (primary N) is 1. The molecular formula is C16H25N. The molecule has 1 aromatic carbocycles. The van der Waals surface area contributed by atoms with Gasteiger partial charge < -0.3 is 5.73 Å². The van der Waals surface area contributed by atoms with Crippen LogP contribution >= 0.6 is 0 Å². The predicted molar refractivity (Wildman–Crippen MR) is 74.0 cm³/mol. The van der Waals surface area contributed by atoms with Crippen molar-refractivity contribution in [2.24, 2.45) is 17.6 Å². The highest BCUT2D eigenvalue weighted by atomic mass is 14.8. The molecule has 0 heterocycles. The molecule has 0 aliphatic heterocycles. The highest BCUT2D eigenvalue weighted by Gasteiger charge is 2.35. The number of hydrogen-bond donors (Lipinski definition) is 1. The molecule has 2 unspecified atom stereocenters. The van der Waals surface area contributed by atoms with E-state index in [4.69, 9.17) is 5.73 Å². The van der Waals surface area contributed by atoms with E-state index in [1.807, 2.05) is 0 Å². The minimum atomic E-state index is -0.102. The Labute approximate surface area is 105 Å². The lowest BCUT2D eigenvalue weighted by atomic mass is 9.69. The summed E-state index contributed by atoms with van der Waals surface area (Å²) >= 11 is 0. The first-order valence-electron chi connectivity index (χ1n) is 6.77. The van der Waals surface area contributed by atoms with Gasteiger partial charge in [-0.1, -0.05) is 32.0 Å². The molecule has 0 saturated heterocycles. The maximum Gasteiger partial charge on any atom is 0.0414 e. The fourth-order valence-electron chi connectivity index (χ4n) is 3.47. The second-order valence-corrected chi connectivity index (χ2v) is 6.31. The summed E-state index contributed by atoms with van der Waals surface area (Å²) in [4.78, 5) is 0. The maximum absolute atomic E-state index is 6.68. The van der Waals surface area contributed by atoms with Crippen LogP contribution in [0.1, 0.15) is 49.8 Å². The summed E-state index contributed by atoms with van der Waals surface area (Å²) in [6.07, 6.45) is 3.57. The molecule has 2 N–H and O–H groups in total. The largest absolute Gasteiger partial charge is 0.321 e. The first-order valence-corrected chi connectivity index (χ1v) is 6.77. The van der Waals surface area contributed by atoms with E-state index in [0.717, 1.165) is 24.7 Å².